The molecule has 0 radical (unpaired) electrons. The number of rotatable bonds is 3. The summed E-state index contributed by atoms with van der Waals surface area (Å²) in [6.07, 6.45) is 8.31. The Kier molecular flexibility index (Phi) is 5.17. The topological polar surface area (TPSA) is 32.3 Å². The molecule has 4 atom stereocenters. The third kappa shape index (κ3) is 3.49. The standard InChI is InChI=1S/C26H28F2N2O/c1-30(25(31)11-7-17-6-10-22(27)23(28)14-17)19-8-9-21-24-15-18-4-2-3-5-20(18)26(21,16-19)12-13-29-24/h2-7,10-11,14,19,21,24,29H,8-9,12-13,15-16H2,1H3/t19-,21-,24+,26+/m0/s1. The number of amides is 1. The average molecular weight is 423 g/mol. The summed E-state index contributed by atoms with van der Waals surface area (Å²) in [5, 5.41) is 3.75. The summed E-state index contributed by atoms with van der Waals surface area (Å²) in [6.45, 7) is 1.02. The van der Waals surface area contributed by atoms with Crippen molar-refractivity contribution < 1.29 is 13.6 Å². The first kappa shape index (κ1) is 20.4. The van der Waals surface area contributed by atoms with Crippen molar-refractivity contribution in [2.75, 3.05) is 13.6 Å². The Hall–Kier alpha value is -2.53. The number of piperidine rings is 1. The predicted molar refractivity (Wildman–Crippen MR) is 118 cm³/mol. The smallest absolute Gasteiger partial charge is 0.246 e. The Morgan fingerprint density at radius 1 is 1.16 bits per heavy atom. The number of nitrogens with zero attached hydrogens (tertiary/aromatic N) is 1. The van der Waals surface area contributed by atoms with Crippen LogP contribution < -0.4 is 5.32 Å². The summed E-state index contributed by atoms with van der Waals surface area (Å²) in [4.78, 5) is 14.7. The van der Waals surface area contributed by atoms with Crippen LogP contribution in [0.2, 0.25) is 0 Å². The summed E-state index contributed by atoms with van der Waals surface area (Å²) < 4.78 is 26.6. The summed E-state index contributed by atoms with van der Waals surface area (Å²) in [6, 6.07) is 13.2. The molecule has 162 valence electrons. The van der Waals surface area contributed by atoms with Crippen molar-refractivity contribution in [3.8, 4) is 0 Å². The molecule has 3 aliphatic rings. The Bertz CT molecular complexity index is 1040. The number of hydrogen-bond donors (Lipinski definition) is 1. The van der Waals surface area contributed by atoms with Crippen LogP contribution in [0.25, 0.3) is 6.08 Å². The molecule has 2 bridgehead atoms. The van der Waals surface area contributed by atoms with Crippen molar-refractivity contribution >= 4 is 12.0 Å². The third-order valence-corrected chi connectivity index (χ3v) is 7.83. The van der Waals surface area contributed by atoms with Crippen LogP contribution >= 0.6 is 0 Å². The Labute approximate surface area is 182 Å². The second kappa shape index (κ2) is 7.86. The molecular formula is C26H28F2N2O. The number of likely N-dealkylation sites (N-methyl/N-ethyl adjacent to an activating group) is 1. The van der Waals surface area contributed by atoms with Gasteiger partial charge in [0, 0.05) is 30.6 Å². The van der Waals surface area contributed by atoms with Gasteiger partial charge in [0.25, 0.3) is 0 Å². The van der Waals surface area contributed by atoms with Gasteiger partial charge >= 0.3 is 0 Å². The third-order valence-electron chi connectivity index (χ3n) is 7.83. The molecule has 0 unspecified atom stereocenters. The molecule has 0 spiro atoms. The molecule has 2 aliphatic carbocycles. The van der Waals surface area contributed by atoms with Crippen molar-refractivity contribution in [1.82, 2.24) is 10.2 Å². The molecule has 1 N–H and O–H groups in total. The molecular weight excluding hydrogens is 394 g/mol. The maximum absolute atomic E-state index is 13.4. The minimum absolute atomic E-state index is 0.0980. The molecule has 1 saturated carbocycles. The molecule has 1 amide bonds. The molecule has 1 heterocycles. The van der Waals surface area contributed by atoms with E-state index in [0.29, 0.717) is 17.5 Å². The van der Waals surface area contributed by atoms with Crippen LogP contribution in [0.3, 0.4) is 0 Å². The summed E-state index contributed by atoms with van der Waals surface area (Å²) in [7, 11) is 1.87. The van der Waals surface area contributed by atoms with Crippen LogP contribution in [0.4, 0.5) is 8.78 Å². The quantitative estimate of drug-likeness (QED) is 0.741. The number of halogens is 2. The highest BCUT2D eigenvalue weighted by molar-refractivity contribution is 5.91. The molecule has 31 heavy (non-hydrogen) atoms. The van der Waals surface area contributed by atoms with E-state index in [9.17, 15) is 13.6 Å². The van der Waals surface area contributed by atoms with Gasteiger partial charge in [0.05, 0.1) is 0 Å². The molecule has 1 saturated heterocycles. The Morgan fingerprint density at radius 3 is 2.84 bits per heavy atom. The van der Waals surface area contributed by atoms with E-state index < -0.39 is 11.6 Å². The van der Waals surface area contributed by atoms with E-state index in [1.165, 1.54) is 23.3 Å². The normalized spacial score (nSPS) is 29.3. The lowest BCUT2D eigenvalue weighted by molar-refractivity contribution is -0.128. The van der Waals surface area contributed by atoms with Gasteiger partial charge in [0.2, 0.25) is 5.91 Å². The molecule has 1 aliphatic heterocycles. The van der Waals surface area contributed by atoms with Gasteiger partial charge in [0.1, 0.15) is 0 Å². The monoisotopic (exact) mass is 422 g/mol. The minimum atomic E-state index is -0.906. The summed E-state index contributed by atoms with van der Waals surface area (Å²) in [5.74, 6) is -1.27. The van der Waals surface area contributed by atoms with Crippen molar-refractivity contribution in [2.24, 2.45) is 5.92 Å². The zero-order valence-corrected chi connectivity index (χ0v) is 17.8. The van der Waals surface area contributed by atoms with E-state index in [1.54, 1.807) is 6.08 Å². The van der Waals surface area contributed by atoms with Gasteiger partial charge in [-0.25, -0.2) is 8.78 Å². The SMILES string of the molecule is CN(C(=O)C=Cc1ccc(F)c(F)c1)[C@H]1CC[C@H]2[C@H]3Cc4ccccc4[C@@]2(CCN3)C1. The number of hydrogen-bond acceptors (Lipinski definition) is 2. The number of carbonyl (C=O) groups is 1. The molecule has 2 aromatic rings. The highest BCUT2D eigenvalue weighted by Crippen LogP contribution is 2.54. The van der Waals surface area contributed by atoms with E-state index >= 15 is 0 Å². The maximum atomic E-state index is 13.4. The summed E-state index contributed by atoms with van der Waals surface area (Å²) in [5.41, 5.74) is 3.54. The second-order valence-corrected chi connectivity index (χ2v) is 9.33. The number of carbonyl (C=O) groups excluding carboxylic acids is 1. The Morgan fingerprint density at radius 2 is 2.00 bits per heavy atom. The van der Waals surface area contributed by atoms with E-state index in [1.807, 2.05) is 11.9 Å². The highest BCUT2D eigenvalue weighted by Gasteiger charge is 2.53. The summed E-state index contributed by atoms with van der Waals surface area (Å²) >= 11 is 0. The second-order valence-electron chi connectivity index (χ2n) is 9.33. The molecule has 0 aromatic heterocycles. The number of fused-ring (bicyclic) bond motifs is 1. The molecule has 2 fully saturated rings. The van der Waals surface area contributed by atoms with Gasteiger partial charge in [-0.2, -0.15) is 0 Å². The van der Waals surface area contributed by atoms with E-state index in [4.69, 9.17) is 0 Å². The fraction of sp³-hybridized carbons (Fsp3) is 0.423. The highest BCUT2D eigenvalue weighted by atomic mass is 19.2. The zero-order valence-electron chi connectivity index (χ0n) is 17.8. The lowest BCUT2D eigenvalue weighted by atomic mass is 9.52. The van der Waals surface area contributed by atoms with Gasteiger partial charge in [-0.05, 0) is 79.5 Å². The van der Waals surface area contributed by atoms with Crippen molar-refractivity contribution in [2.45, 2.75) is 49.6 Å². The van der Waals surface area contributed by atoms with Gasteiger partial charge < -0.3 is 10.2 Å². The molecule has 3 nitrogen and oxygen atoms in total. The first-order valence-corrected chi connectivity index (χ1v) is 11.2. The molecule has 5 heteroatoms. The zero-order chi connectivity index (χ0) is 21.6. The fourth-order valence-corrected chi connectivity index (χ4v) is 6.31. The lowest BCUT2D eigenvalue weighted by Gasteiger charge is -2.58. The van der Waals surface area contributed by atoms with E-state index in [0.717, 1.165) is 50.8 Å². The van der Waals surface area contributed by atoms with Crippen LogP contribution in [0.5, 0.6) is 0 Å². The first-order chi connectivity index (χ1) is 15.0. The fourth-order valence-electron chi connectivity index (χ4n) is 6.31. The largest absolute Gasteiger partial charge is 0.339 e. The molecule has 2 aromatic carbocycles. The van der Waals surface area contributed by atoms with Crippen molar-refractivity contribution in [3.05, 3.63) is 76.9 Å². The van der Waals surface area contributed by atoms with E-state index in [2.05, 4.69) is 29.6 Å². The van der Waals surface area contributed by atoms with Crippen molar-refractivity contribution in [3.63, 3.8) is 0 Å². The predicted octanol–water partition coefficient (Wildman–Crippen LogP) is 4.46. The maximum Gasteiger partial charge on any atom is 0.246 e. The van der Waals surface area contributed by atoms with Crippen LogP contribution in [0.15, 0.2) is 48.5 Å². The van der Waals surface area contributed by atoms with Crippen LogP contribution in [-0.4, -0.2) is 36.5 Å². The van der Waals surface area contributed by atoms with Gasteiger partial charge in [-0.1, -0.05) is 30.3 Å². The molecule has 5 rings (SSSR count). The first-order valence-electron chi connectivity index (χ1n) is 11.2. The van der Waals surface area contributed by atoms with Crippen LogP contribution in [0, 0.1) is 17.6 Å². The lowest BCUT2D eigenvalue weighted by Crippen LogP contribution is -2.62. The minimum Gasteiger partial charge on any atom is -0.339 e. The van der Waals surface area contributed by atoms with Crippen LogP contribution in [0.1, 0.15) is 42.4 Å². The van der Waals surface area contributed by atoms with Crippen LogP contribution in [-0.2, 0) is 16.6 Å². The number of benzene rings is 2. The Balaban J connectivity index is 1.37. The van der Waals surface area contributed by atoms with Gasteiger partial charge in [-0.3, -0.25) is 4.79 Å². The van der Waals surface area contributed by atoms with Crippen molar-refractivity contribution in [1.29, 1.82) is 0 Å². The number of nitrogens with one attached hydrogen (secondary N) is 1. The van der Waals surface area contributed by atoms with Gasteiger partial charge in [0.15, 0.2) is 11.6 Å². The van der Waals surface area contributed by atoms with Gasteiger partial charge in [-0.15, -0.1) is 0 Å². The average Bonchev–Trinajstić information content (AvgIpc) is 2.78. The van der Waals surface area contributed by atoms with E-state index in [-0.39, 0.29) is 17.4 Å².